The van der Waals surface area contributed by atoms with Gasteiger partial charge < -0.3 is 74.8 Å². The Morgan fingerprint density at radius 1 is 0.595 bits per heavy atom. The maximum atomic E-state index is 14.8. The van der Waals surface area contributed by atoms with Gasteiger partial charge in [0.25, 0.3) is 5.91 Å². The lowest BCUT2D eigenvalue weighted by Crippen LogP contribution is -2.60. The summed E-state index contributed by atoms with van der Waals surface area (Å²) in [6, 6.07) is -4.78. The number of likely N-dealkylation sites (tertiary alicyclic amines) is 1. The van der Waals surface area contributed by atoms with Crippen LogP contribution in [-0.2, 0) is 43.2 Å². The fourth-order valence-electron chi connectivity index (χ4n) is 8.99. The highest BCUT2D eigenvalue weighted by Gasteiger charge is 2.40. The number of nitrogens with one attached hydrogen (secondary N) is 8. The fourth-order valence-corrected chi connectivity index (χ4v) is 10.4. The summed E-state index contributed by atoms with van der Waals surface area (Å²) in [4.78, 5) is 154. The van der Waals surface area contributed by atoms with Crippen LogP contribution in [0.1, 0.15) is 132 Å². The lowest BCUT2D eigenvalue weighted by molar-refractivity contribution is -0.143. The molecule has 26 nitrogen and oxygen atoms in total. The number of carboxylic acid groups (broad SMARTS) is 2. The van der Waals surface area contributed by atoms with Crippen molar-refractivity contribution in [2.75, 3.05) is 55.7 Å². The summed E-state index contributed by atoms with van der Waals surface area (Å²) in [5.41, 5.74) is 16.8. The molecule has 1 heterocycles. The highest BCUT2D eigenvalue weighted by molar-refractivity contribution is 7.98. The zero-order valence-electron chi connectivity index (χ0n) is 49.6. The molecule has 0 aromatic heterocycles. The van der Waals surface area contributed by atoms with E-state index < -0.39 is 119 Å². The Morgan fingerprint density at radius 2 is 1.08 bits per heavy atom. The number of benzene rings is 1. The molecule has 29 heteroatoms. The third-order valence-corrected chi connectivity index (χ3v) is 15.4. The number of amides is 9. The summed E-state index contributed by atoms with van der Waals surface area (Å²) in [6.07, 6.45) is 7.75. The molecular weight excluding hydrogens is 1150 g/mol. The van der Waals surface area contributed by atoms with Gasteiger partial charge >= 0.3 is 11.9 Å². The number of rotatable bonds is 40. The van der Waals surface area contributed by atoms with E-state index in [-0.39, 0.29) is 113 Å². The van der Waals surface area contributed by atoms with Gasteiger partial charge in [-0.05, 0) is 144 Å². The Labute approximate surface area is 505 Å². The number of hydrogen-bond acceptors (Lipinski definition) is 16. The van der Waals surface area contributed by atoms with Gasteiger partial charge in [-0.25, -0.2) is 9.59 Å². The lowest BCUT2D eigenvalue weighted by Gasteiger charge is -2.31. The van der Waals surface area contributed by atoms with E-state index in [4.69, 9.17) is 17.2 Å². The van der Waals surface area contributed by atoms with Gasteiger partial charge in [-0.1, -0.05) is 39.8 Å². The number of nitrogens with two attached hydrogens (primary N) is 3. The summed E-state index contributed by atoms with van der Waals surface area (Å²) in [5.74, 6) is -7.58. The molecule has 9 atom stereocenters. The van der Waals surface area contributed by atoms with Gasteiger partial charge in [-0.3, -0.25) is 48.1 Å². The normalized spacial score (nSPS) is 15.8. The number of aromatic carboxylic acids is 1. The van der Waals surface area contributed by atoms with E-state index in [9.17, 15) is 63.0 Å². The number of hydrogen-bond donors (Lipinski definition) is 13. The van der Waals surface area contributed by atoms with Crippen LogP contribution in [0.25, 0.3) is 0 Å². The minimum absolute atomic E-state index is 0.0288. The summed E-state index contributed by atoms with van der Waals surface area (Å²) in [7, 11) is 0. The first-order valence-electron chi connectivity index (χ1n) is 28.3. The second kappa shape index (κ2) is 39.3. The van der Waals surface area contributed by atoms with Crippen LogP contribution in [0, 0.1) is 11.8 Å². The van der Waals surface area contributed by atoms with Crippen molar-refractivity contribution in [1.82, 2.24) is 47.4 Å². The predicted octanol–water partition coefficient (Wildman–Crippen LogP) is 0.506. The molecule has 2 rings (SSSR count). The molecule has 1 saturated heterocycles. The quantitative estimate of drug-likeness (QED) is 0.0242. The number of aliphatic carboxylic acids is 1. The zero-order chi connectivity index (χ0) is 63.1. The maximum absolute atomic E-state index is 14.8. The molecule has 0 unspecified atom stereocenters. The van der Waals surface area contributed by atoms with E-state index in [0.717, 1.165) is 0 Å². The summed E-state index contributed by atoms with van der Waals surface area (Å²) in [5, 5.41) is 41.0. The maximum Gasteiger partial charge on any atom is 0.336 e. The second-order valence-electron chi connectivity index (χ2n) is 21.4. The van der Waals surface area contributed by atoms with Crippen molar-refractivity contribution in [3.8, 4) is 0 Å². The van der Waals surface area contributed by atoms with Crippen molar-refractivity contribution in [3.05, 3.63) is 35.4 Å². The van der Waals surface area contributed by atoms with Crippen molar-refractivity contribution in [2.24, 2.45) is 34.0 Å². The van der Waals surface area contributed by atoms with E-state index in [1.165, 1.54) is 71.4 Å². The molecular formula is C55H91N13O13S3. The van der Waals surface area contributed by atoms with Crippen LogP contribution in [0.2, 0.25) is 0 Å². The first kappa shape index (κ1) is 73.8. The van der Waals surface area contributed by atoms with E-state index in [2.05, 4.69) is 47.5 Å². The van der Waals surface area contributed by atoms with Crippen LogP contribution in [0.15, 0.2) is 29.3 Å². The molecule has 0 spiro atoms. The average molecular weight is 1240 g/mol. The van der Waals surface area contributed by atoms with E-state index in [0.29, 0.717) is 30.1 Å². The standard InChI is InChI=1S/C55H91N13O13S3/c1-31(2)29-41(49(74)65-40(54(80)81)22-28-84-8)66-50(75)42(30-32(3)4)67-51(76)43-19-14-25-68(43)52(77)39(17-11-12-23-59-45(70)34-15-9-10-16-35(34)53(78)79)64-44(69)33(5)61-47(72)38(21-27-83-7)63-48(73)37(18-13-24-60-55(57)58)62-46(71)36(56)20-26-82-6/h9-10,15-16,31-33,36-43H,11-14,17-30,56H2,1-8H3,(H,59,70)(H,61,72)(H,62,71)(H,63,73)(H,64,69)(H,65,74)(H,66,75)(H,67,76)(H,78,79)(H,80,81)(H4,57,58,60)/t33-,36-,37-,38-,39-,40-,41-,42-,43-/m0/s1. The van der Waals surface area contributed by atoms with Crippen molar-refractivity contribution in [3.63, 3.8) is 0 Å². The van der Waals surface area contributed by atoms with Gasteiger partial charge in [-0.2, -0.15) is 35.3 Å². The van der Waals surface area contributed by atoms with Gasteiger partial charge in [0.1, 0.15) is 48.3 Å². The van der Waals surface area contributed by atoms with Crippen molar-refractivity contribution < 1.29 is 63.0 Å². The Bertz CT molecular complexity index is 2400. The molecule has 1 aromatic carbocycles. The highest BCUT2D eigenvalue weighted by atomic mass is 32.2. The van der Waals surface area contributed by atoms with Crippen LogP contribution < -0.4 is 59.7 Å². The summed E-state index contributed by atoms with van der Waals surface area (Å²) >= 11 is 4.32. The smallest absolute Gasteiger partial charge is 0.336 e. The highest BCUT2D eigenvalue weighted by Crippen LogP contribution is 2.22. The second-order valence-corrected chi connectivity index (χ2v) is 24.3. The van der Waals surface area contributed by atoms with Crippen molar-refractivity contribution in [2.45, 2.75) is 166 Å². The van der Waals surface area contributed by atoms with Gasteiger partial charge in [0.2, 0.25) is 47.3 Å². The molecule has 1 aromatic rings. The van der Waals surface area contributed by atoms with Crippen LogP contribution >= 0.6 is 35.3 Å². The number of carbonyl (C=O) groups is 11. The van der Waals surface area contributed by atoms with Crippen molar-refractivity contribution in [1.29, 1.82) is 0 Å². The van der Waals surface area contributed by atoms with E-state index in [1.54, 1.807) is 6.26 Å². The molecule has 0 saturated carbocycles. The Hall–Kier alpha value is -6.33. The SMILES string of the molecule is CSCC[C@H](NC(=O)[C@H](CC(C)C)NC(=O)[C@H](CC(C)C)NC(=O)[C@@H]1CCCN1C(=O)[C@H](CCCCNC(=O)c1ccccc1C(=O)O)NC(=O)[C@H](C)NC(=O)[C@H](CCSC)NC(=O)[C@H](CCCN=C(N)N)NC(=O)[C@@H](N)CCSC)C(=O)O. The Balaban J connectivity index is 2.43. The number of thioether (sulfide) groups is 3. The van der Waals surface area contributed by atoms with Crippen LogP contribution in [0.4, 0.5) is 0 Å². The monoisotopic (exact) mass is 1240 g/mol. The first-order valence-corrected chi connectivity index (χ1v) is 32.5. The minimum atomic E-state index is -1.31. The summed E-state index contributed by atoms with van der Waals surface area (Å²) in [6.45, 7) is 9.01. The topological polar surface area (TPSA) is 418 Å². The average Bonchev–Trinajstić information content (AvgIpc) is 4.17. The van der Waals surface area contributed by atoms with Gasteiger partial charge in [0.15, 0.2) is 5.96 Å². The number of carbonyl (C=O) groups excluding carboxylic acids is 9. The molecule has 16 N–H and O–H groups in total. The van der Waals surface area contributed by atoms with Gasteiger partial charge in [0, 0.05) is 19.6 Å². The molecule has 0 radical (unpaired) electrons. The molecule has 1 aliphatic heterocycles. The van der Waals surface area contributed by atoms with E-state index in [1.807, 2.05) is 40.2 Å². The van der Waals surface area contributed by atoms with Gasteiger partial charge in [-0.15, -0.1) is 0 Å². The summed E-state index contributed by atoms with van der Waals surface area (Å²) < 4.78 is 0. The number of unbranched alkanes of at least 4 members (excludes halogenated alkanes) is 1. The Kier molecular flexibility index (Phi) is 34.5. The van der Waals surface area contributed by atoms with Gasteiger partial charge in [0.05, 0.1) is 17.2 Å². The zero-order valence-corrected chi connectivity index (χ0v) is 52.1. The lowest BCUT2D eigenvalue weighted by atomic mass is 9.99. The molecule has 0 aliphatic carbocycles. The third-order valence-electron chi connectivity index (χ3n) is 13.5. The molecule has 472 valence electrons. The number of aliphatic imine (C=N–C) groups is 1. The Morgan fingerprint density at radius 3 is 1.65 bits per heavy atom. The molecule has 84 heavy (non-hydrogen) atoms. The van der Waals surface area contributed by atoms with E-state index >= 15 is 0 Å². The fraction of sp³-hybridized carbons (Fsp3) is 0.673. The van der Waals surface area contributed by atoms with Crippen molar-refractivity contribution >= 4 is 106 Å². The predicted molar refractivity (Wildman–Crippen MR) is 327 cm³/mol. The number of guanidine groups is 1. The molecule has 9 amide bonds. The number of nitrogens with zero attached hydrogens (tertiary/aromatic N) is 2. The number of carboxylic acids is 2. The molecule has 0 bridgehead atoms. The first-order chi connectivity index (χ1) is 39.8. The molecule has 1 aliphatic rings. The molecule has 1 fully saturated rings. The van der Waals surface area contributed by atoms with Crippen LogP contribution in [0.3, 0.4) is 0 Å². The van der Waals surface area contributed by atoms with Crippen LogP contribution in [0.5, 0.6) is 0 Å². The third kappa shape index (κ3) is 26.7. The van der Waals surface area contributed by atoms with Crippen LogP contribution in [-0.4, -0.2) is 196 Å². The largest absolute Gasteiger partial charge is 0.480 e. The minimum Gasteiger partial charge on any atom is -0.480 e.